The van der Waals surface area contributed by atoms with Crippen molar-refractivity contribution in [2.45, 2.75) is 25.8 Å². The molecule has 1 saturated carbocycles. The molecule has 0 unspecified atom stereocenters. The summed E-state index contributed by atoms with van der Waals surface area (Å²) >= 11 is 0. The van der Waals surface area contributed by atoms with E-state index < -0.39 is 45.9 Å². The normalized spacial score (nSPS) is 15.0. The molecule has 0 saturated heterocycles. The van der Waals surface area contributed by atoms with Gasteiger partial charge in [0.2, 0.25) is 5.78 Å². The zero-order valence-electron chi connectivity index (χ0n) is 11.0. The Morgan fingerprint density at radius 3 is 2.43 bits per heavy atom. The molecule has 1 aliphatic rings. The summed E-state index contributed by atoms with van der Waals surface area (Å²) in [7, 11) is 0. The molecular formula is C14H12F3NO3. The van der Waals surface area contributed by atoms with Crippen molar-refractivity contribution in [1.82, 2.24) is 5.32 Å². The van der Waals surface area contributed by atoms with Gasteiger partial charge in [0, 0.05) is 23.9 Å². The number of aliphatic carboxylic acids is 1. The summed E-state index contributed by atoms with van der Waals surface area (Å²) in [6, 6.07) is 0.312. The van der Waals surface area contributed by atoms with E-state index in [-0.39, 0.29) is 12.1 Å². The Labute approximate surface area is 118 Å². The van der Waals surface area contributed by atoms with Crippen LogP contribution in [0.5, 0.6) is 0 Å². The Morgan fingerprint density at radius 2 is 1.90 bits per heavy atom. The first-order valence-corrected chi connectivity index (χ1v) is 6.21. The van der Waals surface area contributed by atoms with E-state index in [1.54, 1.807) is 0 Å². The molecule has 2 N–H and O–H groups in total. The van der Waals surface area contributed by atoms with Crippen LogP contribution in [0.25, 0.3) is 0 Å². The van der Waals surface area contributed by atoms with E-state index in [1.807, 2.05) is 0 Å². The fraction of sp³-hybridized carbons (Fsp3) is 0.286. The molecule has 0 amide bonds. The van der Waals surface area contributed by atoms with E-state index in [4.69, 9.17) is 5.11 Å². The van der Waals surface area contributed by atoms with Gasteiger partial charge in [0.1, 0.15) is 11.4 Å². The summed E-state index contributed by atoms with van der Waals surface area (Å²) in [6.45, 7) is 1.02. The second-order valence-electron chi connectivity index (χ2n) is 4.79. The highest BCUT2D eigenvalue weighted by Gasteiger charge is 2.28. The van der Waals surface area contributed by atoms with Crippen LogP contribution in [0, 0.1) is 24.4 Å². The molecule has 0 aliphatic heterocycles. The Hall–Kier alpha value is -2.31. The maximum Gasteiger partial charge on any atom is 0.341 e. The number of carbonyl (C=O) groups is 2. The fourth-order valence-electron chi connectivity index (χ4n) is 1.80. The summed E-state index contributed by atoms with van der Waals surface area (Å²) in [5.74, 6) is -6.88. The molecule has 0 heterocycles. The van der Waals surface area contributed by atoms with E-state index in [2.05, 4.69) is 5.32 Å². The Kier molecular flexibility index (Phi) is 4.02. The van der Waals surface area contributed by atoms with Crippen molar-refractivity contribution in [2.75, 3.05) is 0 Å². The maximum absolute atomic E-state index is 13.7. The van der Waals surface area contributed by atoms with Crippen molar-refractivity contribution in [2.24, 2.45) is 0 Å². The van der Waals surface area contributed by atoms with Crippen molar-refractivity contribution >= 4 is 11.8 Å². The average Bonchev–Trinajstić information content (AvgIpc) is 3.20. The highest BCUT2D eigenvalue weighted by molar-refractivity contribution is 6.24. The molecule has 0 bridgehead atoms. The summed E-state index contributed by atoms with van der Waals surface area (Å²) in [4.78, 5) is 23.2. The molecule has 0 aromatic heterocycles. The van der Waals surface area contributed by atoms with Crippen LogP contribution in [0.1, 0.15) is 28.8 Å². The van der Waals surface area contributed by atoms with Crippen molar-refractivity contribution in [3.8, 4) is 0 Å². The first kappa shape index (κ1) is 15.1. The van der Waals surface area contributed by atoms with Gasteiger partial charge < -0.3 is 10.4 Å². The van der Waals surface area contributed by atoms with Crippen LogP contribution in [-0.4, -0.2) is 22.9 Å². The largest absolute Gasteiger partial charge is 0.477 e. The van der Waals surface area contributed by atoms with Crippen LogP contribution in [0.3, 0.4) is 0 Å². The summed E-state index contributed by atoms with van der Waals surface area (Å²) in [5.41, 5.74) is -2.06. The molecule has 0 spiro atoms. The van der Waals surface area contributed by atoms with Gasteiger partial charge >= 0.3 is 5.97 Å². The zero-order chi connectivity index (χ0) is 15.7. The molecule has 1 aliphatic carbocycles. The summed E-state index contributed by atoms with van der Waals surface area (Å²) < 4.78 is 40.2. The SMILES string of the molecule is Cc1c(F)c(F)cc(F)c1C(=O)C(=CNC1CC1)C(=O)O. The lowest BCUT2D eigenvalue weighted by Crippen LogP contribution is -2.20. The van der Waals surface area contributed by atoms with Crippen LogP contribution in [0.4, 0.5) is 13.2 Å². The molecule has 1 aromatic rings. The van der Waals surface area contributed by atoms with Gasteiger partial charge in [-0.1, -0.05) is 0 Å². The second kappa shape index (κ2) is 5.59. The van der Waals surface area contributed by atoms with Crippen molar-refractivity contribution in [1.29, 1.82) is 0 Å². The van der Waals surface area contributed by atoms with Gasteiger partial charge in [-0.05, 0) is 19.8 Å². The third-order valence-corrected chi connectivity index (χ3v) is 3.15. The standard InChI is InChI=1S/C14H12F3NO3/c1-6-11(9(15)4-10(16)12(6)17)13(19)8(14(20)21)5-18-7-2-3-7/h4-5,7,18H,2-3H2,1H3,(H,20,21). The molecule has 0 radical (unpaired) electrons. The van der Waals surface area contributed by atoms with Crippen LogP contribution in [0.2, 0.25) is 0 Å². The topological polar surface area (TPSA) is 66.4 Å². The molecule has 1 aromatic carbocycles. The third kappa shape index (κ3) is 3.07. The lowest BCUT2D eigenvalue weighted by molar-refractivity contribution is -0.132. The van der Waals surface area contributed by atoms with Gasteiger partial charge in [-0.2, -0.15) is 0 Å². The van der Waals surface area contributed by atoms with Gasteiger partial charge in [0.05, 0.1) is 5.56 Å². The molecular weight excluding hydrogens is 287 g/mol. The van der Waals surface area contributed by atoms with Gasteiger partial charge in [0.25, 0.3) is 0 Å². The number of carboxylic acids is 1. The molecule has 21 heavy (non-hydrogen) atoms. The average molecular weight is 299 g/mol. The van der Waals surface area contributed by atoms with E-state index in [0.29, 0.717) is 0 Å². The summed E-state index contributed by atoms with van der Waals surface area (Å²) in [6.07, 6.45) is 2.66. The molecule has 2 rings (SSSR count). The Bertz CT molecular complexity index is 651. The number of halogens is 3. The number of carboxylic acid groups (broad SMARTS) is 1. The number of benzene rings is 1. The molecule has 112 valence electrons. The maximum atomic E-state index is 13.7. The van der Waals surface area contributed by atoms with Crippen molar-refractivity contribution < 1.29 is 27.9 Å². The highest BCUT2D eigenvalue weighted by atomic mass is 19.2. The number of hydrogen-bond acceptors (Lipinski definition) is 3. The van der Waals surface area contributed by atoms with E-state index in [9.17, 15) is 22.8 Å². The lowest BCUT2D eigenvalue weighted by Gasteiger charge is -2.09. The third-order valence-electron chi connectivity index (χ3n) is 3.15. The highest BCUT2D eigenvalue weighted by Crippen LogP contribution is 2.23. The van der Waals surface area contributed by atoms with E-state index >= 15 is 0 Å². The molecule has 0 atom stereocenters. The summed E-state index contributed by atoms with van der Waals surface area (Å²) in [5, 5.41) is 11.7. The van der Waals surface area contributed by atoms with Crippen molar-refractivity contribution in [3.63, 3.8) is 0 Å². The smallest absolute Gasteiger partial charge is 0.341 e. The molecule has 7 heteroatoms. The van der Waals surface area contributed by atoms with Gasteiger partial charge in [-0.25, -0.2) is 18.0 Å². The fourth-order valence-corrected chi connectivity index (χ4v) is 1.80. The predicted molar refractivity (Wildman–Crippen MR) is 67.3 cm³/mol. The minimum atomic E-state index is -1.57. The second-order valence-corrected chi connectivity index (χ2v) is 4.79. The zero-order valence-corrected chi connectivity index (χ0v) is 11.0. The van der Waals surface area contributed by atoms with E-state index in [0.717, 1.165) is 26.0 Å². The van der Waals surface area contributed by atoms with E-state index in [1.165, 1.54) is 0 Å². The van der Waals surface area contributed by atoms with Crippen LogP contribution >= 0.6 is 0 Å². The molecule has 4 nitrogen and oxygen atoms in total. The van der Waals surface area contributed by atoms with Crippen LogP contribution in [0.15, 0.2) is 17.8 Å². The molecule has 1 fully saturated rings. The monoisotopic (exact) mass is 299 g/mol. The quantitative estimate of drug-likeness (QED) is 0.288. The Balaban J connectivity index is 2.43. The number of carbonyl (C=O) groups excluding carboxylic acids is 1. The van der Waals surface area contributed by atoms with Crippen LogP contribution < -0.4 is 5.32 Å². The lowest BCUT2D eigenvalue weighted by atomic mass is 9.98. The van der Waals surface area contributed by atoms with Gasteiger partial charge in [-0.3, -0.25) is 4.79 Å². The predicted octanol–water partition coefficient (Wildman–Crippen LogP) is 2.32. The van der Waals surface area contributed by atoms with Crippen LogP contribution in [-0.2, 0) is 4.79 Å². The first-order valence-electron chi connectivity index (χ1n) is 6.21. The Morgan fingerprint density at radius 1 is 1.29 bits per heavy atom. The number of ketones is 1. The van der Waals surface area contributed by atoms with Gasteiger partial charge in [-0.15, -0.1) is 0 Å². The minimum absolute atomic E-state index is 0.0862. The van der Waals surface area contributed by atoms with Crippen molar-refractivity contribution in [3.05, 3.63) is 46.4 Å². The minimum Gasteiger partial charge on any atom is -0.477 e. The number of Topliss-reactive ketones (excluding diaryl/α,β-unsaturated/α-hetero) is 1. The van der Waals surface area contributed by atoms with Gasteiger partial charge in [0.15, 0.2) is 11.6 Å². The number of hydrogen-bond donors (Lipinski definition) is 2. The first-order chi connectivity index (χ1) is 9.82. The number of rotatable bonds is 5. The number of nitrogens with one attached hydrogen (secondary N) is 1.